The van der Waals surface area contributed by atoms with Gasteiger partial charge in [0.05, 0.1) is 0 Å². The Balaban J connectivity index is 2.18. The lowest BCUT2D eigenvalue weighted by atomic mass is 9.52. The number of phenols is 1. The highest BCUT2D eigenvalue weighted by Crippen LogP contribution is 2.55. The molecule has 1 aromatic carbocycles. The maximum absolute atomic E-state index is 12.4. The lowest BCUT2D eigenvalue weighted by Gasteiger charge is -2.51. The zero-order valence-corrected chi connectivity index (χ0v) is 14.2. The van der Waals surface area contributed by atoms with Crippen LogP contribution in [0.2, 0.25) is 0 Å². The van der Waals surface area contributed by atoms with Crippen molar-refractivity contribution in [2.45, 2.75) is 58.8 Å². The van der Waals surface area contributed by atoms with Crippen LogP contribution in [0.4, 0.5) is 0 Å². The highest BCUT2D eigenvalue weighted by molar-refractivity contribution is 5.87. The Morgan fingerprint density at radius 2 is 1.91 bits per heavy atom. The number of Topliss-reactive ketones (excluding diaryl/α,β-unsaturated/α-hetero) is 1. The van der Waals surface area contributed by atoms with Gasteiger partial charge in [-0.05, 0) is 47.1 Å². The van der Waals surface area contributed by atoms with Crippen LogP contribution in [-0.2, 0) is 10.2 Å². The molecule has 0 spiro atoms. The van der Waals surface area contributed by atoms with E-state index in [0.717, 1.165) is 12.0 Å². The average Bonchev–Trinajstić information content (AvgIpc) is 2.43. The second-order valence-electron chi connectivity index (χ2n) is 8.05. The fourth-order valence-corrected chi connectivity index (χ4v) is 4.49. The number of carbonyl (C=O) groups is 1. The normalized spacial score (nSPS) is 29.4. The molecule has 0 radical (unpaired) electrons. The van der Waals surface area contributed by atoms with Gasteiger partial charge in [-0.25, -0.2) is 0 Å². The van der Waals surface area contributed by atoms with Gasteiger partial charge in [-0.1, -0.05) is 46.8 Å². The lowest BCUT2D eigenvalue weighted by Crippen LogP contribution is -2.50. The molecule has 2 aliphatic carbocycles. The first-order valence-corrected chi connectivity index (χ1v) is 8.27. The molecule has 0 amide bonds. The van der Waals surface area contributed by atoms with Crippen LogP contribution in [0, 0.1) is 11.3 Å². The molecule has 1 N–H and O–H groups in total. The van der Waals surface area contributed by atoms with E-state index >= 15 is 0 Å². The van der Waals surface area contributed by atoms with Crippen molar-refractivity contribution in [2.75, 3.05) is 0 Å². The molecule has 0 saturated heterocycles. The second-order valence-corrected chi connectivity index (χ2v) is 8.05. The van der Waals surface area contributed by atoms with Gasteiger partial charge >= 0.3 is 0 Å². The molecule has 2 atom stereocenters. The van der Waals surface area contributed by atoms with Crippen LogP contribution in [0.1, 0.15) is 70.1 Å². The largest absolute Gasteiger partial charge is 0.508 e. The van der Waals surface area contributed by atoms with E-state index in [9.17, 15) is 9.90 Å². The molecule has 2 nitrogen and oxygen atoms in total. The van der Waals surface area contributed by atoms with Crippen LogP contribution in [0.3, 0.4) is 0 Å². The predicted molar refractivity (Wildman–Crippen MR) is 90.1 cm³/mol. The number of fused-ring (bicyclic) bond motifs is 3. The van der Waals surface area contributed by atoms with E-state index in [2.05, 4.69) is 52.8 Å². The number of carbonyl (C=O) groups excluding carboxylic acids is 1. The summed E-state index contributed by atoms with van der Waals surface area (Å²) in [6.07, 6.45) is 5.85. The summed E-state index contributed by atoms with van der Waals surface area (Å²) in [6, 6.07) is 4.07. The molecule has 1 saturated carbocycles. The van der Waals surface area contributed by atoms with Crippen LogP contribution < -0.4 is 0 Å². The van der Waals surface area contributed by atoms with E-state index in [0.29, 0.717) is 23.9 Å². The van der Waals surface area contributed by atoms with Crippen molar-refractivity contribution >= 4 is 11.9 Å². The summed E-state index contributed by atoms with van der Waals surface area (Å²) in [5, 5.41) is 10.4. The van der Waals surface area contributed by atoms with Crippen molar-refractivity contribution < 1.29 is 9.90 Å². The highest BCUT2D eigenvalue weighted by atomic mass is 16.3. The SMILES string of the molecule is CC(C)c1cc2c(cc1O)C1(C)CCC(=O)C(C)(C)[C@@H]1C=C2. The molecule has 3 rings (SSSR count). The molecule has 0 heterocycles. The number of benzene rings is 1. The van der Waals surface area contributed by atoms with E-state index in [1.54, 1.807) is 0 Å². The third-order valence-corrected chi connectivity index (χ3v) is 5.96. The van der Waals surface area contributed by atoms with Crippen LogP contribution >= 0.6 is 0 Å². The van der Waals surface area contributed by atoms with E-state index in [4.69, 9.17) is 0 Å². The average molecular weight is 298 g/mol. The zero-order chi connectivity index (χ0) is 16.3. The van der Waals surface area contributed by atoms with Gasteiger partial charge < -0.3 is 5.11 Å². The number of ketones is 1. The molecule has 1 unspecified atom stereocenters. The minimum Gasteiger partial charge on any atom is -0.508 e. The summed E-state index contributed by atoms with van der Waals surface area (Å²) in [5.41, 5.74) is 2.98. The summed E-state index contributed by atoms with van der Waals surface area (Å²) < 4.78 is 0. The molecule has 1 aromatic rings. The highest BCUT2D eigenvalue weighted by Gasteiger charge is 2.52. The summed E-state index contributed by atoms with van der Waals surface area (Å²) >= 11 is 0. The minimum absolute atomic E-state index is 0.0749. The Hall–Kier alpha value is -1.57. The first kappa shape index (κ1) is 15.3. The maximum atomic E-state index is 12.4. The standard InChI is InChI=1S/C20H26O2/c1-12(2)14-10-13-6-7-17-19(3,4)18(22)8-9-20(17,5)15(13)11-16(14)21/h6-7,10-12,17,21H,8-9H2,1-5H3/t17-,20?/m0/s1. The molecular weight excluding hydrogens is 272 g/mol. The fraction of sp³-hybridized carbons (Fsp3) is 0.550. The van der Waals surface area contributed by atoms with Crippen molar-refractivity contribution in [3.63, 3.8) is 0 Å². The number of hydrogen-bond donors (Lipinski definition) is 1. The third kappa shape index (κ3) is 1.96. The number of aromatic hydroxyl groups is 1. The van der Waals surface area contributed by atoms with E-state index in [1.165, 1.54) is 11.1 Å². The van der Waals surface area contributed by atoms with E-state index in [-0.39, 0.29) is 16.7 Å². The number of rotatable bonds is 1. The Labute approximate surface area is 133 Å². The second kappa shape index (κ2) is 4.71. The summed E-state index contributed by atoms with van der Waals surface area (Å²) in [4.78, 5) is 12.4. The molecule has 22 heavy (non-hydrogen) atoms. The summed E-state index contributed by atoms with van der Waals surface area (Å²) in [5.74, 6) is 1.23. The van der Waals surface area contributed by atoms with Gasteiger partial charge in [0.25, 0.3) is 0 Å². The predicted octanol–water partition coefficient (Wildman–Crippen LogP) is 4.81. The molecule has 0 bridgehead atoms. The molecule has 2 heteroatoms. The minimum atomic E-state index is -0.340. The monoisotopic (exact) mass is 298 g/mol. The molecule has 2 aliphatic rings. The van der Waals surface area contributed by atoms with Gasteiger partial charge in [0, 0.05) is 17.3 Å². The van der Waals surface area contributed by atoms with Gasteiger partial charge in [0.15, 0.2) is 0 Å². The molecule has 118 valence electrons. The van der Waals surface area contributed by atoms with E-state index in [1.807, 2.05) is 6.07 Å². The number of phenolic OH excluding ortho intramolecular Hbond substituents is 1. The quantitative estimate of drug-likeness (QED) is 0.808. The van der Waals surface area contributed by atoms with Crippen LogP contribution in [-0.4, -0.2) is 10.9 Å². The molecule has 0 aliphatic heterocycles. The van der Waals surface area contributed by atoms with Crippen molar-refractivity contribution in [2.24, 2.45) is 11.3 Å². The Morgan fingerprint density at radius 1 is 1.23 bits per heavy atom. The molecule has 0 aromatic heterocycles. The van der Waals surface area contributed by atoms with Crippen molar-refractivity contribution in [3.05, 3.63) is 34.9 Å². The van der Waals surface area contributed by atoms with Gasteiger partial charge in [-0.3, -0.25) is 4.79 Å². The van der Waals surface area contributed by atoms with E-state index < -0.39 is 0 Å². The smallest absolute Gasteiger partial charge is 0.139 e. The lowest BCUT2D eigenvalue weighted by molar-refractivity contribution is -0.134. The molecule has 1 fully saturated rings. The van der Waals surface area contributed by atoms with Gasteiger partial charge in [0.2, 0.25) is 0 Å². The molecular formula is C20H26O2. The Morgan fingerprint density at radius 3 is 2.55 bits per heavy atom. The van der Waals surface area contributed by atoms with Crippen LogP contribution in [0.5, 0.6) is 5.75 Å². The van der Waals surface area contributed by atoms with Crippen molar-refractivity contribution in [3.8, 4) is 5.75 Å². The Bertz CT molecular complexity index is 667. The van der Waals surface area contributed by atoms with Gasteiger partial charge in [0.1, 0.15) is 11.5 Å². The number of allylic oxidation sites excluding steroid dienone is 1. The van der Waals surface area contributed by atoms with Gasteiger partial charge in [-0.15, -0.1) is 0 Å². The van der Waals surface area contributed by atoms with Crippen molar-refractivity contribution in [1.29, 1.82) is 0 Å². The fourth-order valence-electron chi connectivity index (χ4n) is 4.49. The summed E-state index contributed by atoms with van der Waals surface area (Å²) in [7, 11) is 0. The zero-order valence-electron chi connectivity index (χ0n) is 14.2. The van der Waals surface area contributed by atoms with Crippen LogP contribution in [0.15, 0.2) is 18.2 Å². The topological polar surface area (TPSA) is 37.3 Å². The van der Waals surface area contributed by atoms with Crippen molar-refractivity contribution in [1.82, 2.24) is 0 Å². The van der Waals surface area contributed by atoms with Crippen LogP contribution in [0.25, 0.3) is 6.08 Å². The first-order chi connectivity index (χ1) is 10.2. The third-order valence-electron chi connectivity index (χ3n) is 5.96. The first-order valence-electron chi connectivity index (χ1n) is 8.27. The van der Waals surface area contributed by atoms with Gasteiger partial charge in [-0.2, -0.15) is 0 Å². The maximum Gasteiger partial charge on any atom is 0.139 e. The number of hydrogen-bond acceptors (Lipinski definition) is 2. The summed E-state index contributed by atoms with van der Waals surface area (Å²) in [6.45, 7) is 10.6. The Kier molecular flexibility index (Phi) is 3.28.